The monoisotopic (exact) mass is 1940 g/mol. The highest BCUT2D eigenvalue weighted by atomic mass is 35.5. The maximum absolute atomic E-state index is 12.9. The number of pyridine rings is 3. The molecule has 0 aliphatic carbocycles. The van der Waals surface area contributed by atoms with Gasteiger partial charge in [-0.05, 0) is 163 Å². The first-order valence-corrected chi connectivity index (χ1v) is 53.8. The molecule has 0 radical (unpaired) electrons. The van der Waals surface area contributed by atoms with E-state index in [4.69, 9.17) is 41.6 Å². The van der Waals surface area contributed by atoms with Gasteiger partial charge < -0.3 is 52.8 Å². The Bertz CT molecular complexity index is 6900. The quantitative estimate of drug-likeness (QED) is 0.0275. The lowest BCUT2D eigenvalue weighted by Gasteiger charge is -2.49. The van der Waals surface area contributed by atoms with Gasteiger partial charge in [0.2, 0.25) is 0 Å². The number of ether oxygens (including phenoxy) is 3. The number of aromatic amines is 2. The molecule has 2 N–H and O–H groups in total. The van der Waals surface area contributed by atoms with E-state index in [9.17, 15) is 39.3 Å². The molecule has 9 aromatic heterocycles. The summed E-state index contributed by atoms with van der Waals surface area (Å²) in [7, 11) is -2.17. The lowest BCUT2D eigenvalue weighted by Crippen LogP contribution is -2.64. The first-order valence-electron chi connectivity index (χ1n) is 46.0. The molecule has 14 aromatic rings. The summed E-state index contributed by atoms with van der Waals surface area (Å²) in [5.74, 6) is 0.0249. The zero-order valence-electron chi connectivity index (χ0n) is 80.3. The topological polar surface area (TPSA) is 394 Å². The summed E-state index contributed by atoms with van der Waals surface area (Å²) >= 11 is 5.16. The van der Waals surface area contributed by atoms with Gasteiger partial charge in [-0.1, -0.05) is 142 Å². The molecule has 5 aliphatic rings. The van der Waals surface area contributed by atoms with Crippen LogP contribution in [0.2, 0.25) is 51.4 Å². The number of hydrogen-bond donors (Lipinski definition) is 2. The van der Waals surface area contributed by atoms with Crippen molar-refractivity contribution in [2.45, 2.75) is 115 Å². The van der Waals surface area contributed by atoms with E-state index in [1.807, 2.05) is 248 Å². The molecule has 5 saturated heterocycles. The molecule has 141 heavy (non-hydrogen) atoms. The molecule has 31 nitrogen and oxygen atoms in total. The molecular formula is C107H111ClN22O9Si2. The number of carbonyl (C=O) groups excluding carboxylic acids is 6. The number of fused-ring (bicyclic) bond motifs is 3. The van der Waals surface area contributed by atoms with Crippen molar-refractivity contribution >= 4 is 95.8 Å². The van der Waals surface area contributed by atoms with Gasteiger partial charge in [0.25, 0.3) is 28.9 Å². The smallest absolute Gasteiger partial charge is 0.410 e. The third kappa shape index (κ3) is 27.1. The number of likely N-dealkylation sites (tertiary alicyclic amines) is 5. The average molecular weight is 1940 g/mol. The highest BCUT2D eigenvalue weighted by Crippen LogP contribution is 2.39. The molecule has 0 bridgehead atoms. The lowest BCUT2D eigenvalue weighted by atomic mass is 9.86. The number of H-pyrrole nitrogens is 2. The maximum atomic E-state index is 12.9. The van der Waals surface area contributed by atoms with E-state index in [0.717, 1.165) is 102 Å². The summed E-state index contributed by atoms with van der Waals surface area (Å²) < 4.78 is 24.7. The molecule has 5 aromatic carbocycles. The number of nitriles is 5. The van der Waals surface area contributed by atoms with Gasteiger partial charge in [0.05, 0.1) is 61.8 Å². The van der Waals surface area contributed by atoms with Crippen LogP contribution in [0.1, 0.15) is 85.4 Å². The first-order chi connectivity index (χ1) is 67.9. The van der Waals surface area contributed by atoms with Gasteiger partial charge in [-0.2, -0.15) is 41.6 Å². The number of amides is 5. The second-order valence-electron chi connectivity index (χ2n) is 37.9. The Labute approximate surface area is 826 Å². The van der Waals surface area contributed by atoms with Crippen molar-refractivity contribution in [1.82, 2.24) is 83.3 Å². The predicted molar refractivity (Wildman–Crippen MR) is 545 cm³/mol. The van der Waals surface area contributed by atoms with E-state index in [2.05, 4.69) is 108 Å². The van der Waals surface area contributed by atoms with Crippen molar-refractivity contribution in [2.75, 3.05) is 78.7 Å². The molecule has 0 unspecified atom stereocenters. The lowest BCUT2D eigenvalue weighted by molar-refractivity contribution is 0.00840. The van der Waals surface area contributed by atoms with Crippen molar-refractivity contribution in [3.63, 3.8) is 0 Å². The van der Waals surface area contributed by atoms with Crippen molar-refractivity contribution in [2.24, 2.45) is 0 Å². The van der Waals surface area contributed by atoms with Gasteiger partial charge in [0.15, 0.2) is 0 Å². The standard InChI is InChI=1S/C28H32N6O2Si.C22H18N6O.C16H22N4OSi.2C12H10N2O.C10H14N2O2.C7H5ClO/c1-37(2,3)16-15-36-21-32-14-10-25-24(9-13-30-26(25)32)23-17-31-34(18-23)28(11-12-29)19-33(20-28)27(35)22-7-5-4-6-8-22;23-9-8-22(14-27(15-22)21(29)16-4-2-1-3-5-16)28-13-17(12-26-28)18-6-10-24-20-19(18)7-11-25-20;1-22(2,3)9-8-21-12-20-7-5-15-14(4-6-17-16(15)20)13-10-18-19-11-13;2*13-7-6-10-8-14(9-10)12(15)11-4-2-1-3-5-11;1-10(2,3)14-9(13)12-6-8(7-12)4-5-11;8-7(9)6-4-2-1-3-5-6/h4-10,13-14,17-18H,11,15-16,19-21H2,1-3H3;1-7,10-13H,8,14-15H2,(H,24,25);4-7,10-11H,8-9,12H2,1-3H3,(H,18,19);2*1-6H,8-9H2;4H,6-7H2,1-3H3;1-5H. The molecule has 0 spiro atoms. The van der Waals surface area contributed by atoms with Crippen molar-refractivity contribution < 1.29 is 43.0 Å². The van der Waals surface area contributed by atoms with Crippen LogP contribution in [0.3, 0.4) is 0 Å². The third-order valence-corrected chi connectivity index (χ3v) is 27.2. The number of nitrogens with one attached hydrogen (secondary N) is 2. The number of carbonyl (C=O) groups is 6. The summed E-state index contributed by atoms with van der Waals surface area (Å²) in [6, 6.07) is 70.4. The van der Waals surface area contributed by atoms with Crippen LogP contribution in [0, 0.1) is 56.7 Å². The molecule has 5 amide bonds. The van der Waals surface area contributed by atoms with Crippen LogP contribution >= 0.6 is 11.6 Å². The molecule has 19 rings (SSSR count). The average Bonchev–Trinajstić information content (AvgIpc) is 1.68. The molecular weight excluding hydrogens is 1830 g/mol. The molecule has 718 valence electrons. The molecule has 5 aliphatic heterocycles. The van der Waals surface area contributed by atoms with E-state index in [1.165, 1.54) is 24.3 Å². The van der Waals surface area contributed by atoms with Gasteiger partial charge in [0.1, 0.15) is 47.1 Å². The van der Waals surface area contributed by atoms with Gasteiger partial charge in [-0.25, -0.2) is 19.7 Å². The minimum atomic E-state index is -1.13. The fraction of sp³-hybridized carbons (Fsp3) is 0.280. The highest BCUT2D eigenvalue weighted by Gasteiger charge is 2.49. The largest absolute Gasteiger partial charge is 0.444 e. The Balaban J connectivity index is 0.000000145. The Hall–Kier alpha value is -16.1. The van der Waals surface area contributed by atoms with Crippen LogP contribution in [0.4, 0.5) is 4.79 Å². The zero-order chi connectivity index (χ0) is 100. The number of hydrogen-bond acceptors (Lipinski definition) is 20. The molecule has 14 heterocycles. The maximum Gasteiger partial charge on any atom is 0.410 e. The number of aromatic nitrogens is 12. The summed E-state index contributed by atoms with van der Waals surface area (Å²) in [5, 5.41) is 63.0. The Morgan fingerprint density at radius 1 is 0.447 bits per heavy atom. The van der Waals surface area contributed by atoms with E-state index < -0.39 is 38.1 Å². The first kappa shape index (κ1) is 102. The summed E-state index contributed by atoms with van der Waals surface area (Å²) in [6.45, 7) is 27.4. The summed E-state index contributed by atoms with van der Waals surface area (Å²) in [4.78, 5) is 96.0. The number of rotatable bonds is 22. The normalized spacial score (nSPS) is 14.0. The van der Waals surface area contributed by atoms with Crippen molar-refractivity contribution in [3.05, 3.63) is 325 Å². The fourth-order valence-electron chi connectivity index (χ4n) is 15.9. The molecule has 34 heteroatoms. The minimum absolute atomic E-state index is 0.0188. The van der Waals surface area contributed by atoms with Crippen LogP contribution in [-0.4, -0.2) is 219 Å². The number of benzene rings is 5. The van der Waals surface area contributed by atoms with Crippen LogP contribution in [0.15, 0.2) is 297 Å². The predicted octanol–water partition coefficient (Wildman–Crippen LogP) is 18.8. The second-order valence-corrected chi connectivity index (χ2v) is 49.5. The van der Waals surface area contributed by atoms with Gasteiger partial charge in [0, 0.05) is 229 Å². The van der Waals surface area contributed by atoms with Crippen LogP contribution in [0.5, 0.6) is 0 Å². The Morgan fingerprint density at radius 2 is 0.809 bits per heavy atom. The van der Waals surface area contributed by atoms with E-state index in [-0.39, 0.29) is 36.1 Å². The molecule has 5 fully saturated rings. The molecule has 0 atom stereocenters. The number of nitrogens with zero attached hydrogens (tertiary/aromatic N) is 20. The number of halogens is 1. The minimum Gasteiger partial charge on any atom is -0.444 e. The summed E-state index contributed by atoms with van der Waals surface area (Å²) in [6.07, 6.45) is 27.4. The van der Waals surface area contributed by atoms with Crippen LogP contribution in [0.25, 0.3) is 66.5 Å². The molecule has 0 saturated carbocycles. The Morgan fingerprint density at radius 3 is 1.16 bits per heavy atom. The second kappa shape index (κ2) is 47.3. The van der Waals surface area contributed by atoms with Gasteiger partial charge >= 0.3 is 6.09 Å². The van der Waals surface area contributed by atoms with Crippen molar-refractivity contribution in [1.29, 1.82) is 26.3 Å². The fourth-order valence-corrected chi connectivity index (χ4v) is 17.5. The third-order valence-electron chi connectivity index (χ3n) is 23.6. The van der Waals surface area contributed by atoms with Crippen LogP contribution in [-0.2, 0) is 38.8 Å². The summed E-state index contributed by atoms with van der Waals surface area (Å²) in [5.41, 5.74) is 13.6. The highest BCUT2D eigenvalue weighted by molar-refractivity contribution is 6.76. The van der Waals surface area contributed by atoms with E-state index in [1.54, 1.807) is 79.2 Å². The van der Waals surface area contributed by atoms with E-state index >= 15 is 0 Å². The number of allylic oxidation sites excluding steroid dienone is 3. The van der Waals surface area contributed by atoms with Gasteiger partial charge in [-0.15, -0.1) is 0 Å². The van der Waals surface area contributed by atoms with Crippen molar-refractivity contribution in [3.8, 4) is 63.7 Å². The SMILES string of the molecule is CC(C)(C)OC(=O)N1CC(=CC#N)C1.C[Si](C)(C)CCOCn1ccc2c(-c3cn[nH]c3)ccnc21.C[Si](C)(C)CCOCn1ccc2c(-c3cnn(C4(CC#N)CN(C(=O)c5ccccc5)C4)c3)ccnc21.N#CC=C1CN(C(=O)c2ccccc2)C1.N#CC=C1CN(C(=O)c2ccccc2)C1.N#CCC1(n2cc(-c3ccnc4[nH]ccc34)cn2)CN(C(=O)c2ccccc2)C1.O=C(Cl)c1ccccc1. The Kier molecular flexibility index (Phi) is 34.4. The van der Waals surface area contributed by atoms with E-state index in [0.29, 0.717) is 113 Å². The zero-order valence-corrected chi connectivity index (χ0v) is 83.0. The van der Waals surface area contributed by atoms with Gasteiger partial charge in [-0.3, -0.25) is 38.4 Å². The van der Waals surface area contributed by atoms with Crippen LogP contribution < -0.4 is 0 Å².